The van der Waals surface area contributed by atoms with Crippen molar-refractivity contribution in [3.8, 4) is 0 Å². The molecule has 3 aliphatic heterocycles. The molecule has 0 bridgehead atoms. The highest BCUT2D eigenvalue weighted by atomic mass is 35.5. The van der Waals surface area contributed by atoms with E-state index in [9.17, 15) is 28.8 Å². The summed E-state index contributed by atoms with van der Waals surface area (Å²) in [5.74, 6) is -0.903. The number of aromatic nitrogens is 2. The van der Waals surface area contributed by atoms with Gasteiger partial charge in [-0.25, -0.2) is 9.78 Å². The first-order chi connectivity index (χ1) is 32.1. The molecule has 6 N–H and O–H groups in total. The molecule has 0 spiro atoms. The highest BCUT2D eigenvalue weighted by molar-refractivity contribution is 6.33. The van der Waals surface area contributed by atoms with Crippen molar-refractivity contribution in [2.24, 2.45) is 0 Å². The van der Waals surface area contributed by atoms with E-state index in [0.717, 1.165) is 11.4 Å². The van der Waals surface area contributed by atoms with Gasteiger partial charge in [-0.2, -0.15) is 4.98 Å². The number of piperazine rings is 1. The Morgan fingerprint density at radius 3 is 2.30 bits per heavy atom. The van der Waals surface area contributed by atoms with Gasteiger partial charge in [0.2, 0.25) is 23.7 Å². The first-order valence-corrected chi connectivity index (χ1v) is 22.0. The van der Waals surface area contributed by atoms with Gasteiger partial charge >= 0.3 is 6.03 Å². The molecular weight excluding hydrogens is 874 g/mol. The summed E-state index contributed by atoms with van der Waals surface area (Å²) < 4.78 is 16.7. The number of fused-ring (bicyclic) bond motifs is 1. The third kappa shape index (κ3) is 12.5. The summed E-state index contributed by atoms with van der Waals surface area (Å²) >= 11 is 6.38. The third-order valence-electron chi connectivity index (χ3n) is 11.0. The number of hydrogen-bond donors (Lipinski definition) is 6. The average Bonchev–Trinajstić information content (AvgIpc) is 3.64. The minimum Gasteiger partial charge on any atom is -0.379 e. The van der Waals surface area contributed by atoms with Crippen LogP contribution < -0.4 is 36.8 Å². The standard InChI is InChI=1S/C45H52ClN11O9/c1-47-41(60)34-4-2-3-5-36(34)52-40-35(46)27-49-44(54-40)51-30-6-9-32(10-7-30)55-16-18-56(19-17-55)45(63)48-15-21-65-23-25-66-24-22-64-20-14-39(59)50-31-8-11-33-29(26-31)28-57(43(33)62)37-12-13-38(58)53-42(37)61/h2-11,26-27,37H,12-25,28H2,1H3,(H,47,60)(H,48,63)(H,50,59)(H,53,58,61)(H2,49,51,52,54). The normalized spacial score (nSPS) is 15.8. The summed E-state index contributed by atoms with van der Waals surface area (Å²) in [4.78, 5) is 88.6. The number of hydrogen-bond acceptors (Lipinski definition) is 14. The van der Waals surface area contributed by atoms with Crippen LogP contribution in [-0.4, -0.2) is 141 Å². The van der Waals surface area contributed by atoms with Gasteiger partial charge in [0.15, 0.2) is 5.82 Å². The van der Waals surface area contributed by atoms with Crippen LogP contribution in [0, 0.1) is 0 Å². The molecule has 3 aliphatic rings. The Morgan fingerprint density at radius 1 is 0.848 bits per heavy atom. The Hall–Kier alpha value is -6.87. The van der Waals surface area contributed by atoms with E-state index in [-0.39, 0.29) is 62.1 Å². The van der Waals surface area contributed by atoms with E-state index in [4.69, 9.17) is 25.8 Å². The maximum absolute atomic E-state index is 12.9. The van der Waals surface area contributed by atoms with Gasteiger partial charge in [0, 0.05) is 75.4 Å². The minimum absolute atomic E-state index is 0.125. The summed E-state index contributed by atoms with van der Waals surface area (Å²) in [7, 11) is 1.57. The zero-order valence-corrected chi connectivity index (χ0v) is 37.2. The van der Waals surface area contributed by atoms with E-state index >= 15 is 0 Å². The van der Waals surface area contributed by atoms with Crippen molar-refractivity contribution in [3.05, 3.63) is 94.6 Å². The lowest BCUT2D eigenvalue weighted by Gasteiger charge is -2.36. The molecule has 2 saturated heterocycles. The SMILES string of the molecule is CNC(=O)c1ccccc1Nc1nc(Nc2ccc(N3CCN(C(=O)NCCOCCOCCOCCC(=O)Nc4ccc5c(c4)CN(C4CCC(=O)NC4=O)C5=O)CC3)cc2)ncc1Cl. The number of nitrogens with zero attached hydrogens (tertiary/aromatic N) is 5. The molecule has 20 nitrogen and oxygen atoms in total. The summed E-state index contributed by atoms with van der Waals surface area (Å²) in [6.45, 7) is 4.93. The highest BCUT2D eigenvalue weighted by Gasteiger charge is 2.39. The maximum Gasteiger partial charge on any atom is 0.317 e. The molecule has 66 heavy (non-hydrogen) atoms. The number of carbonyl (C=O) groups is 6. The lowest BCUT2D eigenvalue weighted by Crippen LogP contribution is -2.52. The Labute approximate surface area is 386 Å². The van der Waals surface area contributed by atoms with Crippen LogP contribution in [0.5, 0.6) is 0 Å². The summed E-state index contributed by atoms with van der Waals surface area (Å²) in [5.41, 5.74) is 4.51. The molecule has 7 rings (SSSR count). The topological polar surface area (TPSA) is 238 Å². The fraction of sp³-hybridized carbons (Fsp3) is 0.378. The summed E-state index contributed by atoms with van der Waals surface area (Å²) in [5, 5.41) is 17.3. The molecule has 21 heteroatoms. The van der Waals surface area contributed by atoms with E-state index in [1.54, 1.807) is 48.3 Å². The number of piperidine rings is 1. The molecule has 348 valence electrons. The molecule has 1 atom stereocenters. The van der Waals surface area contributed by atoms with Crippen molar-refractivity contribution in [2.45, 2.75) is 31.8 Å². The Balaban J connectivity index is 0.703. The van der Waals surface area contributed by atoms with Crippen LogP contribution in [-0.2, 0) is 35.1 Å². The smallest absolute Gasteiger partial charge is 0.317 e. The number of benzene rings is 3. The minimum atomic E-state index is -0.701. The molecule has 1 unspecified atom stereocenters. The Morgan fingerprint density at radius 2 is 1.56 bits per heavy atom. The number of para-hydroxylation sites is 1. The first-order valence-electron chi connectivity index (χ1n) is 21.6. The predicted molar refractivity (Wildman–Crippen MR) is 245 cm³/mol. The lowest BCUT2D eigenvalue weighted by molar-refractivity contribution is -0.137. The van der Waals surface area contributed by atoms with Crippen molar-refractivity contribution in [1.29, 1.82) is 0 Å². The van der Waals surface area contributed by atoms with Crippen LogP contribution in [0.3, 0.4) is 0 Å². The number of imide groups is 1. The number of anilines is 6. The van der Waals surface area contributed by atoms with Crippen LogP contribution in [0.4, 0.5) is 39.3 Å². The molecule has 4 heterocycles. The number of amides is 7. The Bertz CT molecular complexity index is 2400. The molecule has 1 aromatic heterocycles. The molecular formula is C45H52ClN11O9. The second-order valence-corrected chi connectivity index (χ2v) is 15.8. The van der Waals surface area contributed by atoms with Gasteiger partial charge in [-0.05, 0) is 66.6 Å². The molecule has 3 aromatic carbocycles. The monoisotopic (exact) mass is 925 g/mol. The highest BCUT2D eigenvalue weighted by Crippen LogP contribution is 2.30. The number of nitrogens with one attached hydrogen (secondary N) is 6. The average molecular weight is 926 g/mol. The lowest BCUT2D eigenvalue weighted by atomic mass is 10.0. The van der Waals surface area contributed by atoms with Crippen molar-refractivity contribution >= 4 is 81.7 Å². The third-order valence-corrected chi connectivity index (χ3v) is 11.3. The van der Waals surface area contributed by atoms with Gasteiger partial charge in [-0.15, -0.1) is 0 Å². The van der Waals surface area contributed by atoms with Crippen molar-refractivity contribution in [3.63, 3.8) is 0 Å². The fourth-order valence-corrected chi connectivity index (χ4v) is 7.68. The predicted octanol–water partition coefficient (Wildman–Crippen LogP) is 3.65. The zero-order chi connectivity index (χ0) is 46.4. The number of urea groups is 1. The van der Waals surface area contributed by atoms with Gasteiger partial charge in [-0.1, -0.05) is 23.7 Å². The summed E-state index contributed by atoms with van der Waals surface area (Å²) in [6.07, 6.45) is 2.07. The number of halogens is 1. The molecule has 2 fully saturated rings. The van der Waals surface area contributed by atoms with E-state index in [2.05, 4.69) is 46.8 Å². The van der Waals surface area contributed by atoms with Gasteiger partial charge in [-0.3, -0.25) is 29.3 Å². The number of ether oxygens (including phenoxy) is 3. The number of rotatable bonds is 20. The zero-order valence-electron chi connectivity index (χ0n) is 36.4. The second kappa shape index (κ2) is 22.8. The van der Waals surface area contributed by atoms with Crippen LogP contribution in [0.2, 0.25) is 5.02 Å². The van der Waals surface area contributed by atoms with Crippen LogP contribution >= 0.6 is 11.6 Å². The van der Waals surface area contributed by atoms with E-state index < -0.39 is 11.9 Å². The van der Waals surface area contributed by atoms with Crippen LogP contribution in [0.15, 0.2) is 72.9 Å². The van der Waals surface area contributed by atoms with Crippen molar-refractivity contribution in [1.82, 2.24) is 35.7 Å². The van der Waals surface area contributed by atoms with Crippen molar-refractivity contribution in [2.75, 3.05) is 100 Å². The van der Waals surface area contributed by atoms with Crippen molar-refractivity contribution < 1.29 is 43.0 Å². The molecule has 4 aromatic rings. The maximum atomic E-state index is 12.9. The van der Waals surface area contributed by atoms with Crippen LogP contribution in [0.1, 0.15) is 45.5 Å². The Kier molecular flexibility index (Phi) is 16.3. The molecule has 0 radical (unpaired) electrons. The van der Waals surface area contributed by atoms with E-state index in [0.29, 0.717) is 111 Å². The van der Waals surface area contributed by atoms with Gasteiger partial charge in [0.05, 0.1) is 63.5 Å². The molecule has 0 aliphatic carbocycles. The van der Waals surface area contributed by atoms with Gasteiger partial charge < -0.3 is 55.5 Å². The van der Waals surface area contributed by atoms with Crippen LogP contribution in [0.25, 0.3) is 0 Å². The molecule has 0 saturated carbocycles. The van der Waals surface area contributed by atoms with Gasteiger partial charge in [0.25, 0.3) is 11.8 Å². The number of carbonyl (C=O) groups excluding carboxylic acids is 6. The summed E-state index contributed by atoms with van der Waals surface area (Å²) in [6, 6.07) is 19.1. The fourth-order valence-electron chi connectivity index (χ4n) is 7.54. The van der Waals surface area contributed by atoms with E-state index in [1.807, 2.05) is 30.3 Å². The largest absolute Gasteiger partial charge is 0.379 e. The molecule has 7 amide bonds. The van der Waals surface area contributed by atoms with Gasteiger partial charge in [0.1, 0.15) is 11.1 Å². The van der Waals surface area contributed by atoms with E-state index in [1.165, 1.54) is 11.1 Å². The first kappa shape index (κ1) is 47.1. The quantitative estimate of drug-likeness (QED) is 0.0549. The second-order valence-electron chi connectivity index (χ2n) is 15.4.